The lowest BCUT2D eigenvalue weighted by Gasteiger charge is -2.35. The largest absolute Gasteiger partial charge is 0.493 e. The third-order valence-electron chi connectivity index (χ3n) is 3.72. The highest BCUT2D eigenvalue weighted by Crippen LogP contribution is 2.40. The second-order valence-electron chi connectivity index (χ2n) is 5.26. The molecule has 1 aromatic rings. The van der Waals surface area contributed by atoms with Gasteiger partial charge in [0.2, 0.25) is 5.91 Å². The van der Waals surface area contributed by atoms with Crippen LogP contribution in [-0.2, 0) is 4.79 Å². The van der Waals surface area contributed by atoms with Crippen LogP contribution in [0.15, 0.2) is 18.2 Å². The fourth-order valence-electron chi connectivity index (χ4n) is 2.58. The number of hydrogen-bond acceptors (Lipinski definition) is 4. The highest BCUT2D eigenvalue weighted by atomic mass is 32.2. The number of benzene rings is 1. The molecule has 0 aromatic heterocycles. The Bertz CT molecular complexity index is 507. The van der Waals surface area contributed by atoms with Crippen LogP contribution < -0.4 is 9.47 Å². The first-order valence-electron chi connectivity index (χ1n) is 7.93. The van der Waals surface area contributed by atoms with Crippen LogP contribution >= 0.6 is 11.8 Å². The summed E-state index contributed by atoms with van der Waals surface area (Å²) in [6.45, 7) is 5.52. The van der Waals surface area contributed by atoms with E-state index in [0.29, 0.717) is 13.0 Å². The van der Waals surface area contributed by atoms with Crippen molar-refractivity contribution in [2.45, 2.75) is 38.5 Å². The number of amides is 1. The number of ether oxygens (including phenoxy) is 2. The highest BCUT2D eigenvalue weighted by Gasteiger charge is 2.29. The van der Waals surface area contributed by atoms with Crippen molar-refractivity contribution >= 4 is 17.7 Å². The second-order valence-corrected chi connectivity index (χ2v) is 6.45. The first-order chi connectivity index (χ1) is 10.7. The molecule has 1 aromatic carbocycles. The average Bonchev–Trinajstić information content (AvgIpc) is 2.54. The van der Waals surface area contributed by atoms with Gasteiger partial charge in [0.25, 0.3) is 0 Å². The van der Waals surface area contributed by atoms with Crippen molar-refractivity contribution in [2.75, 3.05) is 26.0 Å². The summed E-state index contributed by atoms with van der Waals surface area (Å²) in [4.78, 5) is 14.3. The van der Waals surface area contributed by atoms with Crippen molar-refractivity contribution in [1.29, 1.82) is 0 Å². The molecule has 122 valence electrons. The third-order valence-corrected chi connectivity index (χ3v) is 5.00. The average molecular weight is 323 g/mol. The van der Waals surface area contributed by atoms with Crippen molar-refractivity contribution in [1.82, 2.24) is 4.90 Å². The molecule has 1 amide bonds. The summed E-state index contributed by atoms with van der Waals surface area (Å²) < 4.78 is 11.0. The van der Waals surface area contributed by atoms with Gasteiger partial charge in [-0.2, -0.15) is 0 Å². The van der Waals surface area contributed by atoms with E-state index in [0.717, 1.165) is 42.2 Å². The maximum absolute atomic E-state index is 12.3. The van der Waals surface area contributed by atoms with Gasteiger partial charge in [-0.1, -0.05) is 19.4 Å². The van der Waals surface area contributed by atoms with Gasteiger partial charge in [0.1, 0.15) is 5.37 Å². The number of methoxy groups -OCH3 is 1. The van der Waals surface area contributed by atoms with E-state index in [2.05, 4.69) is 6.92 Å². The van der Waals surface area contributed by atoms with E-state index in [1.165, 1.54) is 0 Å². The summed E-state index contributed by atoms with van der Waals surface area (Å²) in [6.07, 6.45) is 2.77. The lowest BCUT2D eigenvalue weighted by atomic mass is 10.1. The molecule has 1 heterocycles. The van der Waals surface area contributed by atoms with E-state index in [1.54, 1.807) is 7.11 Å². The van der Waals surface area contributed by atoms with Gasteiger partial charge < -0.3 is 14.4 Å². The van der Waals surface area contributed by atoms with Crippen LogP contribution in [0, 0.1) is 0 Å². The molecule has 1 fully saturated rings. The predicted octanol–water partition coefficient (Wildman–Crippen LogP) is 3.86. The molecule has 0 spiro atoms. The van der Waals surface area contributed by atoms with Crippen molar-refractivity contribution in [3.63, 3.8) is 0 Å². The number of thioether (sulfide) groups is 1. The molecule has 0 aliphatic carbocycles. The maximum Gasteiger partial charge on any atom is 0.224 e. The van der Waals surface area contributed by atoms with Gasteiger partial charge in [-0.05, 0) is 31.0 Å². The van der Waals surface area contributed by atoms with E-state index in [-0.39, 0.29) is 11.3 Å². The summed E-state index contributed by atoms with van der Waals surface area (Å²) in [6, 6.07) is 5.98. The monoisotopic (exact) mass is 323 g/mol. The molecule has 1 unspecified atom stereocenters. The molecule has 4 nitrogen and oxygen atoms in total. The van der Waals surface area contributed by atoms with Crippen molar-refractivity contribution in [3.8, 4) is 11.5 Å². The van der Waals surface area contributed by atoms with Gasteiger partial charge in [0, 0.05) is 18.7 Å². The predicted molar refractivity (Wildman–Crippen MR) is 90.6 cm³/mol. The fraction of sp³-hybridized carbons (Fsp3) is 0.588. The highest BCUT2D eigenvalue weighted by molar-refractivity contribution is 7.99. The number of carbonyl (C=O) groups is 1. The van der Waals surface area contributed by atoms with Gasteiger partial charge >= 0.3 is 0 Å². The van der Waals surface area contributed by atoms with Crippen molar-refractivity contribution < 1.29 is 14.3 Å². The first kappa shape index (κ1) is 17.0. The molecule has 1 atom stereocenters. The summed E-state index contributed by atoms with van der Waals surface area (Å²) in [5, 5.41) is 0.0814. The van der Waals surface area contributed by atoms with Gasteiger partial charge in [0.05, 0.1) is 13.7 Å². The molecule has 22 heavy (non-hydrogen) atoms. The smallest absolute Gasteiger partial charge is 0.224 e. The van der Waals surface area contributed by atoms with Gasteiger partial charge in [-0.3, -0.25) is 4.79 Å². The lowest BCUT2D eigenvalue weighted by molar-refractivity contribution is -0.132. The zero-order valence-electron chi connectivity index (χ0n) is 13.6. The Balaban J connectivity index is 2.26. The molecular weight excluding hydrogens is 298 g/mol. The summed E-state index contributed by atoms with van der Waals surface area (Å²) in [5.41, 5.74) is 1.11. The molecule has 0 saturated carbocycles. The summed E-state index contributed by atoms with van der Waals surface area (Å²) in [7, 11) is 1.64. The Labute approximate surface area is 137 Å². The quantitative estimate of drug-likeness (QED) is 0.764. The zero-order valence-corrected chi connectivity index (χ0v) is 14.4. The zero-order chi connectivity index (χ0) is 15.9. The standard InChI is InChI=1S/C17H25NO3S/c1-4-6-10-18-16(19)9-11-22-17(18)13-7-8-14(20-3)15(12-13)21-5-2/h7-8,12,17H,4-6,9-11H2,1-3H3. The lowest BCUT2D eigenvalue weighted by Crippen LogP contribution is -2.37. The van der Waals surface area contributed by atoms with Crippen LogP contribution in [0.3, 0.4) is 0 Å². The van der Waals surface area contributed by atoms with E-state index < -0.39 is 0 Å². The molecule has 1 aliphatic rings. The number of unbranched alkanes of at least 4 members (excludes halogenated alkanes) is 1. The van der Waals surface area contributed by atoms with Gasteiger partial charge in [0.15, 0.2) is 11.5 Å². The maximum atomic E-state index is 12.3. The fourth-order valence-corrected chi connectivity index (χ4v) is 3.84. The SMILES string of the molecule is CCCCN1C(=O)CCSC1c1ccc(OC)c(OCC)c1. The number of rotatable bonds is 7. The van der Waals surface area contributed by atoms with Gasteiger partial charge in [-0.15, -0.1) is 11.8 Å². The molecule has 5 heteroatoms. The Morgan fingerprint density at radius 3 is 2.82 bits per heavy atom. The molecule has 1 saturated heterocycles. The van der Waals surface area contributed by atoms with Crippen LogP contribution in [0.1, 0.15) is 44.0 Å². The van der Waals surface area contributed by atoms with E-state index >= 15 is 0 Å². The van der Waals surface area contributed by atoms with E-state index in [4.69, 9.17) is 9.47 Å². The van der Waals surface area contributed by atoms with Crippen LogP contribution in [-0.4, -0.2) is 36.8 Å². The van der Waals surface area contributed by atoms with Crippen LogP contribution in [0.25, 0.3) is 0 Å². The minimum absolute atomic E-state index is 0.0814. The molecule has 0 bridgehead atoms. The topological polar surface area (TPSA) is 38.8 Å². The normalized spacial score (nSPS) is 18.4. The van der Waals surface area contributed by atoms with Crippen molar-refractivity contribution in [2.24, 2.45) is 0 Å². The first-order valence-corrected chi connectivity index (χ1v) is 8.97. The minimum Gasteiger partial charge on any atom is -0.493 e. The van der Waals surface area contributed by atoms with Crippen LogP contribution in [0.4, 0.5) is 0 Å². The summed E-state index contributed by atoms with van der Waals surface area (Å²) in [5.74, 6) is 2.61. The summed E-state index contributed by atoms with van der Waals surface area (Å²) >= 11 is 1.83. The van der Waals surface area contributed by atoms with Crippen LogP contribution in [0.2, 0.25) is 0 Å². The second kappa shape index (κ2) is 8.32. The Morgan fingerprint density at radius 1 is 1.32 bits per heavy atom. The number of carbonyl (C=O) groups excluding carboxylic acids is 1. The Hall–Kier alpha value is -1.36. The number of nitrogens with zero attached hydrogens (tertiary/aromatic N) is 1. The Morgan fingerprint density at radius 2 is 2.14 bits per heavy atom. The van der Waals surface area contributed by atoms with E-state index in [1.807, 2.05) is 41.8 Å². The molecular formula is C17H25NO3S. The number of hydrogen-bond donors (Lipinski definition) is 0. The molecule has 2 rings (SSSR count). The van der Waals surface area contributed by atoms with E-state index in [9.17, 15) is 4.79 Å². The minimum atomic E-state index is 0.0814. The van der Waals surface area contributed by atoms with Crippen LogP contribution in [0.5, 0.6) is 11.5 Å². The molecule has 1 aliphatic heterocycles. The third kappa shape index (κ3) is 3.88. The molecule has 0 N–H and O–H groups in total. The Kier molecular flexibility index (Phi) is 6.43. The molecule has 0 radical (unpaired) electrons. The van der Waals surface area contributed by atoms with Gasteiger partial charge in [-0.25, -0.2) is 0 Å². The van der Waals surface area contributed by atoms with Crippen molar-refractivity contribution in [3.05, 3.63) is 23.8 Å².